The van der Waals surface area contributed by atoms with Crippen LogP contribution in [0.25, 0.3) is 0 Å². The highest BCUT2D eigenvalue weighted by Gasteiger charge is 2.66. The maximum Gasteiger partial charge on any atom is 0.425 e. The average molecular weight is 362 g/mol. The molecule has 0 aliphatic heterocycles. The third-order valence-electron chi connectivity index (χ3n) is 4.15. The van der Waals surface area contributed by atoms with E-state index in [9.17, 15) is 30.7 Å². The van der Waals surface area contributed by atoms with Gasteiger partial charge in [-0.3, -0.25) is 0 Å². The molecule has 3 unspecified atom stereocenters. The fourth-order valence-corrected chi connectivity index (χ4v) is 2.72. The molecule has 1 rings (SSSR count). The third kappa shape index (κ3) is 3.83. The summed E-state index contributed by atoms with van der Waals surface area (Å²) in [5, 5.41) is 0. The van der Waals surface area contributed by atoms with Crippen LogP contribution in [0.2, 0.25) is 0 Å². The minimum atomic E-state index is -5.81. The molecule has 0 spiro atoms. The Hall–Kier alpha value is -1.34. The smallest absolute Gasteiger partial charge is 0.247 e. The first-order chi connectivity index (χ1) is 10.8. The van der Waals surface area contributed by atoms with Gasteiger partial charge in [0.05, 0.1) is 0 Å². The van der Waals surface area contributed by atoms with Gasteiger partial charge in [0, 0.05) is 19.3 Å². The molecule has 0 N–H and O–H groups in total. The van der Waals surface area contributed by atoms with Crippen LogP contribution in [0, 0.1) is 0 Å². The summed E-state index contributed by atoms with van der Waals surface area (Å²) >= 11 is 0. The summed E-state index contributed by atoms with van der Waals surface area (Å²) in [6.07, 6.45) is -8.44. The molecule has 138 valence electrons. The number of alkyl halides is 8. The molecule has 0 bridgehead atoms. The van der Waals surface area contributed by atoms with Crippen LogP contribution in [-0.2, 0) is 0 Å². The van der Waals surface area contributed by atoms with Crippen molar-refractivity contribution in [2.75, 3.05) is 6.67 Å². The van der Waals surface area contributed by atoms with Gasteiger partial charge in [-0.15, -0.1) is 0 Å². The van der Waals surface area contributed by atoms with E-state index < -0.39 is 42.4 Å². The van der Waals surface area contributed by atoms with Gasteiger partial charge in [-0.2, -0.15) is 13.2 Å². The number of benzene rings is 1. The summed E-state index contributed by atoms with van der Waals surface area (Å²) in [6, 6.07) is 6.83. The van der Waals surface area contributed by atoms with Crippen molar-refractivity contribution in [2.45, 2.75) is 56.0 Å². The molecule has 0 amide bonds. The van der Waals surface area contributed by atoms with E-state index in [1.807, 2.05) is 0 Å². The van der Waals surface area contributed by atoms with Crippen LogP contribution >= 0.6 is 0 Å². The summed E-state index contributed by atoms with van der Waals surface area (Å²) < 4.78 is 108. The lowest BCUT2D eigenvalue weighted by Crippen LogP contribution is -2.56. The molecule has 0 aliphatic carbocycles. The monoisotopic (exact) mass is 362 g/mol. The van der Waals surface area contributed by atoms with E-state index in [2.05, 4.69) is 0 Å². The average Bonchev–Trinajstić information content (AvgIpc) is 2.46. The van der Waals surface area contributed by atoms with E-state index in [4.69, 9.17) is 0 Å². The molecule has 1 aromatic rings. The molecule has 0 nitrogen and oxygen atoms in total. The Morgan fingerprint density at radius 3 is 1.75 bits per heavy atom. The van der Waals surface area contributed by atoms with E-state index in [-0.39, 0.29) is 18.9 Å². The quantitative estimate of drug-likeness (QED) is 0.509. The first-order valence-electron chi connectivity index (χ1n) is 7.25. The van der Waals surface area contributed by atoms with Crippen molar-refractivity contribution in [3.63, 3.8) is 0 Å². The van der Waals surface area contributed by atoms with Crippen LogP contribution in [0.15, 0.2) is 30.3 Å². The standard InChI is InChI=1S/C16H18F8/c1-3-12(11-7-5-4-6-8-11)15(21,13(2,18)19)9-14(20,10-17)16(22,23)24/h4-8,12H,3,9-10H2,1-2H3. The maximum atomic E-state index is 15.2. The molecule has 0 aliphatic rings. The zero-order valence-electron chi connectivity index (χ0n) is 13.1. The van der Waals surface area contributed by atoms with Gasteiger partial charge in [0.25, 0.3) is 5.92 Å². The van der Waals surface area contributed by atoms with E-state index in [0.29, 0.717) is 0 Å². The molecule has 3 atom stereocenters. The zero-order chi connectivity index (χ0) is 18.8. The molecule has 8 heteroatoms. The normalized spacial score (nSPS) is 19.4. The van der Waals surface area contributed by atoms with Gasteiger partial charge in [0.15, 0.2) is 5.67 Å². The Bertz CT molecular complexity index is 521. The van der Waals surface area contributed by atoms with Crippen molar-refractivity contribution in [1.29, 1.82) is 0 Å². The molecule has 0 saturated heterocycles. The Kier molecular flexibility index (Phi) is 5.93. The minimum Gasteiger partial charge on any atom is -0.247 e. The van der Waals surface area contributed by atoms with Crippen molar-refractivity contribution < 1.29 is 35.1 Å². The lowest BCUT2D eigenvalue weighted by Gasteiger charge is -2.41. The van der Waals surface area contributed by atoms with Crippen molar-refractivity contribution in [3.05, 3.63) is 35.9 Å². The van der Waals surface area contributed by atoms with Crippen LogP contribution in [0.4, 0.5) is 35.1 Å². The molecule has 24 heavy (non-hydrogen) atoms. The molecular formula is C16H18F8. The van der Waals surface area contributed by atoms with Gasteiger partial charge in [0.1, 0.15) is 6.67 Å². The molecule has 0 heterocycles. The first kappa shape index (κ1) is 20.7. The highest BCUT2D eigenvalue weighted by Crippen LogP contribution is 2.53. The highest BCUT2D eigenvalue weighted by molar-refractivity contribution is 5.25. The molecule has 0 aromatic heterocycles. The lowest BCUT2D eigenvalue weighted by atomic mass is 9.72. The molecule has 1 aromatic carbocycles. The number of hydrogen-bond acceptors (Lipinski definition) is 0. The van der Waals surface area contributed by atoms with Crippen LogP contribution in [-0.4, -0.2) is 30.1 Å². The van der Waals surface area contributed by atoms with Crippen molar-refractivity contribution in [2.24, 2.45) is 0 Å². The van der Waals surface area contributed by atoms with Gasteiger partial charge in [0.2, 0.25) is 5.67 Å². The summed E-state index contributed by atoms with van der Waals surface area (Å²) in [5.41, 5.74) is -8.62. The van der Waals surface area contributed by atoms with Crippen LogP contribution in [0.1, 0.15) is 38.2 Å². The van der Waals surface area contributed by atoms with Crippen molar-refractivity contribution >= 4 is 0 Å². The zero-order valence-corrected chi connectivity index (χ0v) is 13.1. The largest absolute Gasteiger partial charge is 0.425 e. The molecule has 0 fully saturated rings. The van der Waals surface area contributed by atoms with Crippen LogP contribution in [0.5, 0.6) is 0 Å². The topological polar surface area (TPSA) is 0 Å². The third-order valence-corrected chi connectivity index (χ3v) is 4.15. The predicted molar refractivity (Wildman–Crippen MR) is 74.4 cm³/mol. The van der Waals surface area contributed by atoms with Gasteiger partial charge in [-0.1, -0.05) is 37.3 Å². The van der Waals surface area contributed by atoms with Crippen molar-refractivity contribution in [1.82, 2.24) is 0 Å². The number of rotatable bonds is 7. The second kappa shape index (κ2) is 6.88. The molecule has 0 saturated carbocycles. The minimum absolute atomic E-state index is 0.00703. The predicted octanol–water partition coefficient (Wildman–Crippen LogP) is 6.17. The summed E-state index contributed by atoms with van der Waals surface area (Å²) in [4.78, 5) is 0. The fourth-order valence-electron chi connectivity index (χ4n) is 2.72. The van der Waals surface area contributed by atoms with E-state index in [1.54, 1.807) is 0 Å². The Labute approximate surface area is 134 Å². The van der Waals surface area contributed by atoms with Gasteiger partial charge >= 0.3 is 6.18 Å². The highest BCUT2D eigenvalue weighted by atomic mass is 19.4. The van der Waals surface area contributed by atoms with Gasteiger partial charge in [-0.25, -0.2) is 22.0 Å². The van der Waals surface area contributed by atoms with Crippen LogP contribution in [0.3, 0.4) is 0 Å². The second-order valence-corrected chi connectivity index (χ2v) is 5.90. The van der Waals surface area contributed by atoms with E-state index in [1.165, 1.54) is 37.3 Å². The maximum absolute atomic E-state index is 15.2. The summed E-state index contributed by atoms with van der Waals surface area (Å²) in [7, 11) is 0. The Morgan fingerprint density at radius 2 is 1.42 bits per heavy atom. The fraction of sp³-hybridized carbons (Fsp3) is 0.625. The number of halogens is 8. The first-order valence-corrected chi connectivity index (χ1v) is 7.25. The van der Waals surface area contributed by atoms with E-state index >= 15 is 4.39 Å². The van der Waals surface area contributed by atoms with Gasteiger partial charge < -0.3 is 0 Å². The SMILES string of the molecule is CCC(c1ccccc1)C(F)(CC(F)(CF)C(F)(F)F)C(C)(F)F. The summed E-state index contributed by atoms with van der Waals surface area (Å²) in [5.74, 6) is -6.05. The van der Waals surface area contributed by atoms with Gasteiger partial charge in [-0.05, 0) is 12.0 Å². The Morgan fingerprint density at radius 1 is 0.917 bits per heavy atom. The lowest BCUT2D eigenvalue weighted by molar-refractivity contribution is -0.261. The molecule has 0 radical (unpaired) electrons. The second-order valence-electron chi connectivity index (χ2n) is 5.90. The summed E-state index contributed by atoms with van der Waals surface area (Å²) in [6.45, 7) is -1.27. The number of hydrogen-bond donors (Lipinski definition) is 0. The Balaban J connectivity index is 3.44. The van der Waals surface area contributed by atoms with Crippen LogP contribution < -0.4 is 0 Å². The molecular weight excluding hydrogens is 344 g/mol. The van der Waals surface area contributed by atoms with E-state index in [0.717, 1.165) is 0 Å². The van der Waals surface area contributed by atoms with Crippen molar-refractivity contribution in [3.8, 4) is 0 Å².